The van der Waals surface area contributed by atoms with Crippen LogP contribution in [0.15, 0.2) is 29.2 Å². The van der Waals surface area contributed by atoms with Gasteiger partial charge in [0.25, 0.3) is 5.56 Å². The molecule has 5 rings (SSSR count). The molecule has 0 unspecified atom stereocenters. The van der Waals surface area contributed by atoms with Gasteiger partial charge in [0, 0.05) is 18.8 Å². The van der Waals surface area contributed by atoms with Gasteiger partial charge in [-0.1, -0.05) is 6.07 Å². The number of rotatable bonds is 2. The molecule has 1 heterocycles. The average molecular weight is 243 g/mol. The molecule has 0 aromatic carbocycles. The first-order valence-corrected chi connectivity index (χ1v) is 7.38. The number of nitrogens with zero attached hydrogens (tertiary/aromatic N) is 1. The zero-order valence-corrected chi connectivity index (χ0v) is 10.8. The maximum Gasteiger partial charge on any atom is 0.250 e. The van der Waals surface area contributed by atoms with E-state index in [1.807, 2.05) is 22.9 Å². The first kappa shape index (κ1) is 10.8. The van der Waals surface area contributed by atoms with Crippen molar-refractivity contribution in [1.82, 2.24) is 4.57 Å². The van der Waals surface area contributed by atoms with Crippen LogP contribution in [0.4, 0.5) is 0 Å². The molecule has 0 spiro atoms. The minimum atomic E-state index is 0.174. The molecule has 1 aromatic rings. The highest BCUT2D eigenvalue weighted by Gasteiger charge is 2.50. The van der Waals surface area contributed by atoms with Crippen LogP contribution >= 0.6 is 0 Å². The van der Waals surface area contributed by atoms with E-state index in [2.05, 4.69) is 0 Å². The van der Waals surface area contributed by atoms with Crippen LogP contribution in [0.25, 0.3) is 0 Å². The van der Waals surface area contributed by atoms with Crippen molar-refractivity contribution in [2.45, 2.75) is 45.1 Å². The lowest BCUT2D eigenvalue weighted by Crippen LogP contribution is -2.48. The summed E-state index contributed by atoms with van der Waals surface area (Å²) in [4.78, 5) is 11.9. The van der Waals surface area contributed by atoms with Gasteiger partial charge in [-0.15, -0.1) is 0 Å². The van der Waals surface area contributed by atoms with Gasteiger partial charge in [-0.3, -0.25) is 4.79 Å². The second-order valence-corrected chi connectivity index (χ2v) is 7.08. The van der Waals surface area contributed by atoms with Gasteiger partial charge in [-0.05, 0) is 67.8 Å². The molecule has 0 amide bonds. The lowest BCUT2D eigenvalue weighted by molar-refractivity contribution is -0.0623. The molecule has 0 atom stereocenters. The fourth-order valence-corrected chi connectivity index (χ4v) is 5.44. The third-order valence-corrected chi connectivity index (χ3v) is 5.57. The van der Waals surface area contributed by atoms with Crippen molar-refractivity contribution >= 4 is 0 Å². The zero-order chi connectivity index (χ0) is 12.2. The Labute approximate surface area is 108 Å². The van der Waals surface area contributed by atoms with Crippen LogP contribution in [0.1, 0.15) is 38.5 Å². The fraction of sp³-hybridized carbons (Fsp3) is 0.688. The van der Waals surface area contributed by atoms with Gasteiger partial charge in [0.05, 0.1) is 0 Å². The highest BCUT2D eigenvalue weighted by Crippen LogP contribution is 2.60. The average Bonchev–Trinajstić information content (AvgIpc) is 2.30. The molecule has 4 bridgehead atoms. The standard InChI is InChI=1S/C16H21NO/c18-15-3-1-2-4-17(15)11-16-8-12-5-13(9-16)7-14(6-12)10-16/h1-4,12-14H,5-11H2. The number of hydrogen-bond acceptors (Lipinski definition) is 1. The molecule has 1 aromatic heterocycles. The lowest BCUT2D eigenvalue weighted by Gasteiger charge is -2.57. The Balaban J connectivity index is 1.65. The van der Waals surface area contributed by atoms with Crippen LogP contribution in [0.5, 0.6) is 0 Å². The van der Waals surface area contributed by atoms with Gasteiger partial charge >= 0.3 is 0 Å². The van der Waals surface area contributed by atoms with E-state index in [0.717, 1.165) is 24.3 Å². The monoisotopic (exact) mass is 243 g/mol. The van der Waals surface area contributed by atoms with E-state index < -0.39 is 0 Å². The Morgan fingerprint density at radius 2 is 1.67 bits per heavy atom. The largest absolute Gasteiger partial charge is 0.315 e. The van der Waals surface area contributed by atoms with Crippen molar-refractivity contribution in [3.05, 3.63) is 34.7 Å². The maximum atomic E-state index is 11.9. The zero-order valence-electron chi connectivity index (χ0n) is 10.8. The summed E-state index contributed by atoms with van der Waals surface area (Å²) < 4.78 is 1.95. The quantitative estimate of drug-likeness (QED) is 0.782. The molecule has 0 aliphatic heterocycles. The van der Waals surface area contributed by atoms with Crippen LogP contribution in [0.2, 0.25) is 0 Å². The second-order valence-electron chi connectivity index (χ2n) is 7.08. The van der Waals surface area contributed by atoms with Gasteiger partial charge < -0.3 is 4.57 Å². The minimum absolute atomic E-state index is 0.174. The van der Waals surface area contributed by atoms with Crippen molar-refractivity contribution in [2.75, 3.05) is 0 Å². The molecule has 96 valence electrons. The van der Waals surface area contributed by atoms with Crippen molar-refractivity contribution in [3.8, 4) is 0 Å². The highest BCUT2D eigenvalue weighted by atomic mass is 16.1. The van der Waals surface area contributed by atoms with Crippen LogP contribution in [0, 0.1) is 23.2 Å². The summed E-state index contributed by atoms with van der Waals surface area (Å²) >= 11 is 0. The Morgan fingerprint density at radius 1 is 1.06 bits per heavy atom. The topological polar surface area (TPSA) is 22.0 Å². The fourth-order valence-electron chi connectivity index (χ4n) is 5.44. The molecule has 18 heavy (non-hydrogen) atoms. The maximum absolute atomic E-state index is 11.9. The van der Waals surface area contributed by atoms with Crippen molar-refractivity contribution in [3.63, 3.8) is 0 Å². The van der Waals surface area contributed by atoms with Gasteiger partial charge in [-0.25, -0.2) is 0 Å². The Bertz CT molecular complexity index is 481. The molecule has 4 fully saturated rings. The third-order valence-electron chi connectivity index (χ3n) is 5.57. The number of pyridine rings is 1. The highest BCUT2D eigenvalue weighted by molar-refractivity contribution is 5.03. The Morgan fingerprint density at radius 3 is 2.22 bits per heavy atom. The molecular formula is C16H21NO. The predicted molar refractivity (Wildman–Crippen MR) is 71.3 cm³/mol. The first-order valence-electron chi connectivity index (χ1n) is 7.38. The van der Waals surface area contributed by atoms with E-state index in [1.165, 1.54) is 38.5 Å². The van der Waals surface area contributed by atoms with E-state index in [1.54, 1.807) is 6.07 Å². The van der Waals surface area contributed by atoms with Gasteiger partial charge in [-0.2, -0.15) is 0 Å². The van der Waals surface area contributed by atoms with Gasteiger partial charge in [0.2, 0.25) is 0 Å². The SMILES string of the molecule is O=c1ccccn1CC12CC3CC(CC(C3)C1)C2. The van der Waals surface area contributed by atoms with Crippen LogP contribution < -0.4 is 5.56 Å². The molecule has 2 nitrogen and oxygen atoms in total. The van der Waals surface area contributed by atoms with Crippen LogP contribution in [-0.4, -0.2) is 4.57 Å². The third kappa shape index (κ3) is 1.65. The minimum Gasteiger partial charge on any atom is -0.315 e. The summed E-state index contributed by atoms with van der Waals surface area (Å²) in [5.41, 5.74) is 0.633. The second kappa shape index (κ2) is 3.72. The van der Waals surface area contributed by atoms with E-state index in [0.29, 0.717) is 5.41 Å². The van der Waals surface area contributed by atoms with E-state index in [4.69, 9.17) is 0 Å². The summed E-state index contributed by atoms with van der Waals surface area (Å²) in [5.74, 6) is 2.90. The molecule has 0 radical (unpaired) electrons. The molecule has 4 aliphatic rings. The van der Waals surface area contributed by atoms with Gasteiger partial charge in [0.15, 0.2) is 0 Å². The molecule has 4 saturated carbocycles. The number of hydrogen-bond donors (Lipinski definition) is 0. The van der Waals surface area contributed by atoms with Crippen molar-refractivity contribution in [2.24, 2.45) is 23.2 Å². The van der Waals surface area contributed by atoms with Gasteiger partial charge in [0.1, 0.15) is 0 Å². The first-order chi connectivity index (χ1) is 8.72. The Kier molecular flexibility index (Phi) is 2.24. The van der Waals surface area contributed by atoms with Crippen LogP contribution in [-0.2, 0) is 6.54 Å². The Hall–Kier alpha value is -1.05. The van der Waals surface area contributed by atoms with E-state index in [9.17, 15) is 4.79 Å². The molecule has 0 saturated heterocycles. The summed E-state index contributed by atoms with van der Waals surface area (Å²) in [6, 6.07) is 5.53. The van der Waals surface area contributed by atoms with E-state index >= 15 is 0 Å². The summed E-state index contributed by atoms with van der Waals surface area (Å²) in [7, 11) is 0. The molecule has 4 aliphatic carbocycles. The van der Waals surface area contributed by atoms with Crippen molar-refractivity contribution < 1.29 is 0 Å². The normalized spacial score (nSPS) is 41.2. The van der Waals surface area contributed by atoms with Crippen LogP contribution in [0.3, 0.4) is 0 Å². The smallest absolute Gasteiger partial charge is 0.250 e. The molecular weight excluding hydrogens is 222 g/mol. The predicted octanol–water partition coefficient (Wildman–Crippen LogP) is 3.06. The van der Waals surface area contributed by atoms with Crippen molar-refractivity contribution in [1.29, 1.82) is 0 Å². The number of aromatic nitrogens is 1. The lowest BCUT2D eigenvalue weighted by atomic mass is 9.49. The summed E-state index contributed by atoms with van der Waals surface area (Å²) in [6.07, 6.45) is 10.5. The van der Waals surface area contributed by atoms with E-state index in [-0.39, 0.29) is 5.56 Å². The summed E-state index contributed by atoms with van der Waals surface area (Å²) in [5, 5.41) is 0. The molecule has 0 N–H and O–H groups in total. The molecule has 2 heteroatoms. The summed E-state index contributed by atoms with van der Waals surface area (Å²) in [6.45, 7) is 0.968.